The van der Waals surface area contributed by atoms with E-state index in [4.69, 9.17) is 4.74 Å². The predicted molar refractivity (Wildman–Crippen MR) is 110 cm³/mol. The van der Waals surface area contributed by atoms with Crippen LogP contribution in [-0.4, -0.2) is 30.5 Å². The van der Waals surface area contributed by atoms with Crippen molar-refractivity contribution in [1.82, 2.24) is 10.3 Å². The highest BCUT2D eigenvalue weighted by Crippen LogP contribution is 2.30. The van der Waals surface area contributed by atoms with Crippen LogP contribution >= 0.6 is 0 Å². The summed E-state index contributed by atoms with van der Waals surface area (Å²) in [5.41, 5.74) is 3.90. The zero-order chi connectivity index (χ0) is 20.2. The Bertz CT molecular complexity index is 1030. The number of methoxy groups -OCH3 is 1. The molecule has 1 aliphatic heterocycles. The van der Waals surface area contributed by atoms with Crippen molar-refractivity contribution >= 4 is 17.5 Å². The highest BCUT2D eigenvalue weighted by atomic mass is 16.5. The van der Waals surface area contributed by atoms with Crippen molar-refractivity contribution in [2.45, 2.75) is 13.0 Å². The normalized spacial score (nSPS) is 12.4. The van der Waals surface area contributed by atoms with Gasteiger partial charge in [-0.25, -0.2) is 0 Å². The molecule has 0 fully saturated rings. The fraction of sp³-hybridized carbons (Fsp3) is 0.174. The van der Waals surface area contributed by atoms with Crippen LogP contribution in [0.5, 0.6) is 5.75 Å². The molecule has 1 aromatic heterocycles. The van der Waals surface area contributed by atoms with Crippen molar-refractivity contribution in [3.8, 4) is 5.75 Å². The largest absolute Gasteiger partial charge is 0.497 e. The Labute approximate surface area is 169 Å². The molecule has 0 radical (unpaired) electrons. The predicted octanol–water partition coefficient (Wildman–Crippen LogP) is 3.22. The van der Waals surface area contributed by atoms with E-state index in [1.165, 1.54) is 0 Å². The van der Waals surface area contributed by atoms with Gasteiger partial charge in [0.05, 0.1) is 7.11 Å². The van der Waals surface area contributed by atoms with Gasteiger partial charge >= 0.3 is 0 Å². The number of rotatable bonds is 5. The molecule has 1 aliphatic rings. The van der Waals surface area contributed by atoms with Crippen LogP contribution in [0, 0.1) is 0 Å². The van der Waals surface area contributed by atoms with Gasteiger partial charge in [0.15, 0.2) is 0 Å². The molecule has 4 rings (SSSR count). The fourth-order valence-electron chi connectivity index (χ4n) is 3.41. The third-order valence-electron chi connectivity index (χ3n) is 5.00. The molecular weight excluding hydrogens is 366 g/mol. The van der Waals surface area contributed by atoms with Crippen LogP contribution in [0.15, 0.2) is 67.0 Å². The summed E-state index contributed by atoms with van der Waals surface area (Å²) in [5, 5.41) is 2.90. The van der Waals surface area contributed by atoms with Crippen LogP contribution in [0.25, 0.3) is 0 Å². The average Bonchev–Trinajstić information content (AvgIpc) is 3.21. The smallest absolute Gasteiger partial charge is 0.258 e. The second-order valence-electron chi connectivity index (χ2n) is 6.82. The molecule has 0 unspecified atom stereocenters. The number of nitrogens with zero attached hydrogens (tertiary/aromatic N) is 2. The summed E-state index contributed by atoms with van der Waals surface area (Å²) in [6.07, 6.45) is 4.19. The Hall–Kier alpha value is -3.67. The number of hydrogen-bond donors (Lipinski definition) is 1. The van der Waals surface area contributed by atoms with Crippen LogP contribution < -0.4 is 15.0 Å². The first-order valence-electron chi connectivity index (χ1n) is 9.41. The molecule has 0 atom stereocenters. The minimum atomic E-state index is -0.180. The lowest BCUT2D eigenvalue weighted by Gasteiger charge is -2.18. The molecule has 0 spiro atoms. The van der Waals surface area contributed by atoms with Crippen molar-refractivity contribution in [2.24, 2.45) is 0 Å². The lowest BCUT2D eigenvalue weighted by Crippen LogP contribution is -2.29. The number of anilines is 1. The quantitative estimate of drug-likeness (QED) is 0.730. The van der Waals surface area contributed by atoms with Crippen LogP contribution in [0.3, 0.4) is 0 Å². The molecule has 2 amide bonds. The maximum absolute atomic E-state index is 13.0. The summed E-state index contributed by atoms with van der Waals surface area (Å²) in [4.78, 5) is 31.3. The highest BCUT2D eigenvalue weighted by molar-refractivity contribution is 6.08. The Kier molecular flexibility index (Phi) is 5.24. The molecular formula is C23H21N3O3. The van der Waals surface area contributed by atoms with E-state index in [2.05, 4.69) is 10.3 Å². The van der Waals surface area contributed by atoms with Gasteiger partial charge in [-0.3, -0.25) is 14.6 Å². The Balaban J connectivity index is 1.51. The molecule has 2 aromatic carbocycles. The molecule has 6 heteroatoms. The van der Waals surface area contributed by atoms with E-state index in [1.54, 1.807) is 60.8 Å². The molecule has 6 nitrogen and oxygen atoms in total. The zero-order valence-corrected chi connectivity index (χ0v) is 16.1. The van der Waals surface area contributed by atoms with Crippen LogP contribution in [0.2, 0.25) is 0 Å². The van der Waals surface area contributed by atoms with E-state index in [0.717, 1.165) is 23.2 Å². The number of ether oxygens (including phenoxy) is 1. The van der Waals surface area contributed by atoms with Gasteiger partial charge < -0.3 is 15.0 Å². The van der Waals surface area contributed by atoms with Gasteiger partial charge in [0, 0.05) is 42.3 Å². The zero-order valence-electron chi connectivity index (χ0n) is 16.1. The van der Waals surface area contributed by atoms with Crippen molar-refractivity contribution in [3.63, 3.8) is 0 Å². The summed E-state index contributed by atoms with van der Waals surface area (Å²) in [5.74, 6) is 0.440. The summed E-state index contributed by atoms with van der Waals surface area (Å²) in [6, 6.07) is 16.3. The SMILES string of the molecule is COc1ccc(C(=O)N2CCc3ccc(C(=O)NCc4cccnc4)cc32)cc1. The van der Waals surface area contributed by atoms with E-state index in [-0.39, 0.29) is 11.8 Å². The molecule has 29 heavy (non-hydrogen) atoms. The second-order valence-corrected chi connectivity index (χ2v) is 6.82. The van der Waals surface area contributed by atoms with Crippen LogP contribution in [-0.2, 0) is 13.0 Å². The van der Waals surface area contributed by atoms with Gasteiger partial charge in [0.1, 0.15) is 5.75 Å². The number of benzene rings is 2. The summed E-state index contributed by atoms with van der Waals surface area (Å²) in [6.45, 7) is 0.999. The topological polar surface area (TPSA) is 71.5 Å². The number of carbonyl (C=O) groups is 2. The van der Waals surface area contributed by atoms with Crippen LogP contribution in [0.4, 0.5) is 5.69 Å². The second kappa shape index (κ2) is 8.14. The first-order valence-corrected chi connectivity index (χ1v) is 9.41. The van der Waals surface area contributed by atoms with E-state index in [9.17, 15) is 9.59 Å². The minimum Gasteiger partial charge on any atom is -0.497 e. The lowest BCUT2D eigenvalue weighted by atomic mass is 10.1. The van der Waals surface area contributed by atoms with Gasteiger partial charge in [0.2, 0.25) is 0 Å². The first kappa shape index (κ1) is 18.7. The van der Waals surface area contributed by atoms with Crippen molar-refractivity contribution in [2.75, 3.05) is 18.6 Å². The standard InChI is InChI=1S/C23H21N3O3/c1-29-20-8-6-18(7-9-20)23(28)26-12-10-17-4-5-19(13-21(17)26)22(27)25-15-16-3-2-11-24-14-16/h2-9,11,13-14H,10,12,15H2,1H3,(H,25,27). The third-order valence-corrected chi connectivity index (χ3v) is 5.00. The Morgan fingerprint density at radius 3 is 2.62 bits per heavy atom. The highest BCUT2D eigenvalue weighted by Gasteiger charge is 2.26. The van der Waals surface area contributed by atoms with Gasteiger partial charge in [-0.05, 0) is 60.0 Å². The number of pyridine rings is 1. The van der Waals surface area contributed by atoms with Crippen molar-refractivity contribution in [1.29, 1.82) is 0 Å². The van der Waals surface area contributed by atoms with E-state index >= 15 is 0 Å². The van der Waals surface area contributed by atoms with E-state index in [0.29, 0.717) is 30.0 Å². The summed E-state index contributed by atoms with van der Waals surface area (Å²) < 4.78 is 5.15. The van der Waals surface area contributed by atoms with Gasteiger partial charge in [-0.2, -0.15) is 0 Å². The number of carbonyl (C=O) groups excluding carboxylic acids is 2. The number of hydrogen-bond acceptors (Lipinski definition) is 4. The molecule has 2 heterocycles. The maximum Gasteiger partial charge on any atom is 0.258 e. The molecule has 1 N–H and O–H groups in total. The Morgan fingerprint density at radius 1 is 1.10 bits per heavy atom. The number of amides is 2. The van der Waals surface area contributed by atoms with Gasteiger partial charge in [-0.1, -0.05) is 12.1 Å². The van der Waals surface area contributed by atoms with Gasteiger partial charge in [0.25, 0.3) is 11.8 Å². The number of fused-ring (bicyclic) bond motifs is 1. The lowest BCUT2D eigenvalue weighted by molar-refractivity contribution is 0.0948. The minimum absolute atomic E-state index is 0.0840. The third kappa shape index (κ3) is 3.96. The molecule has 0 bridgehead atoms. The van der Waals surface area contributed by atoms with Crippen molar-refractivity contribution in [3.05, 3.63) is 89.2 Å². The average molecular weight is 387 g/mol. The monoisotopic (exact) mass is 387 g/mol. The van der Waals surface area contributed by atoms with Crippen LogP contribution in [0.1, 0.15) is 31.8 Å². The summed E-state index contributed by atoms with van der Waals surface area (Å²) >= 11 is 0. The number of aromatic nitrogens is 1. The number of nitrogens with one attached hydrogen (secondary N) is 1. The molecule has 146 valence electrons. The van der Waals surface area contributed by atoms with E-state index < -0.39 is 0 Å². The fourth-order valence-corrected chi connectivity index (χ4v) is 3.41. The molecule has 0 saturated carbocycles. The molecule has 3 aromatic rings. The first-order chi connectivity index (χ1) is 14.2. The van der Waals surface area contributed by atoms with Gasteiger partial charge in [-0.15, -0.1) is 0 Å². The maximum atomic E-state index is 13.0. The molecule has 0 aliphatic carbocycles. The molecule has 0 saturated heterocycles. The van der Waals surface area contributed by atoms with E-state index in [1.807, 2.05) is 18.2 Å². The summed E-state index contributed by atoms with van der Waals surface area (Å²) in [7, 11) is 1.59. The van der Waals surface area contributed by atoms with Crippen molar-refractivity contribution < 1.29 is 14.3 Å². The Morgan fingerprint density at radius 2 is 1.90 bits per heavy atom.